The summed E-state index contributed by atoms with van der Waals surface area (Å²) in [5.41, 5.74) is 7.90. The van der Waals surface area contributed by atoms with Crippen LogP contribution in [-0.4, -0.2) is 16.5 Å². The van der Waals surface area contributed by atoms with E-state index in [2.05, 4.69) is 15.3 Å². The van der Waals surface area contributed by atoms with Gasteiger partial charge >= 0.3 is 0 Å². The molecule has 3 rings (SSSR count). The van der Waals surface area contributed by atoms with Gasteiger partial charge in [0.2, 0.25) is 0 Å². The number of nitrogens with two attached hydrogens (primary N) is 1. The minimum Gasteiger partial charge on any atom is -0.393 e. The summed E-state index contributed by atoms with van der Waals surface area (Å²) in [7, 11) is 0. The molecule has 0 aliphatic rings. The van der Waals surface area contributed by atoms with Crippen LogP contribution in [0.4, 0.5) is 33.1 Å². The van der Waals surface area contributed by atoms with Gasteiger partial charge in [0.05, 0.1) is 5.69 Å². The van der Waals surface area contributed by atoms with Crippen LogP contribution in [0.5, 0.6) is 0 Å². The van der Waals surface area contributed by atoms with Crippen molar-refractivity contribution >= 4 is 28.7 Å². The van der Waals surface area contributed by atoms with Crippen molar-refractivity contribution in [3.63, 3.8) is 0 Å². The standard InChI is InChI=1S/C18H18FN5/c1-2-24(13-8-4-3-5-9-13)18-16(20)17(21-12-22-18)23-15-11-7-6-10-14(15)19/h3-12H,2,20H2,1H3,(H,21,22,23). The lowest BCUT2D eigenvalue weighted by atomic mass is 10.2. The predicted molar refractivity (Wildman–Crippen MR) is 95.2 cm³/mol. The molecule has 24 heavy (non-hydrogen) atoms. The second-order valence-corrected chi connectivity index (χ2v) is 5.14. The van der Waals surface area contributed by atoms with Crippen LogP contribution in [0.1, 0.15) is 6.92 Å². The lowest BCUT2D eigenvalue weighted by Crippen LogP contribution is -2.19. The Labute approximate surface area is 140 Å². The zero-order chi connectivity index (χ0) is 16.9. The first-order chi connectivity index (χ1) is 11.7. The van der Waals surface area contributed by atoms with Crippen LogP contribution in [-0.2, 0) is 0 Å². The third-order valence-electron chi connectivity index (χ3n) is 3.63. The van der Waals surface area contributed by atoms with E-state index in [-0.39, 0.29) is 5.82 Å². The summed E-state index contributed by atoms with van der Waals surface area (Å²) in [5.74, 6) is 0.587. The zero-order valence-electron chi connectivity index (χ0n) is 13.3. The molecule has 5 nitrogen and oxygen atoms in total. The van der Waals surface area contributed by atoms with Gasteiger partial charge in [-0.05, 0) is 31.2 Å². The molecular weight excluding hydrogens is 305 g/mol. The van der Waals surface area contributed by atoms with Crippen LogP contribution in [0.15, 0.2) is 60.9 Å². The van der Waals surface area contributed by atoms with E-state index in [4.69, 9.17) is 5.73 Å². The maximum atomic E-state index is 13.8. The van der Waals surface area contributed by atoms with Crippen LogP contribution < -0.4 is 16.0 Å². The molecule has 0 fully saturated rings. The van der Waals surface area contributed by atoms with Crippen molar-refractivity contribution in [2.24, 2.45) is 0 Å². The van der Waals surface area contributed by atoms with Gasteiger partial charge in [-0.1, -0.05) is 30.3 Å². The smallest absolute Gasteiger partial charge is 0.161 e. The maximum Gasteiger partial charge on any atom is 0.161 e. The number of hydrogen-bond acceptors (Lipinski definition) is 5. The topological polar surface area (TPSA) is 67.1 Å². The largest absolute Gasteiger partial charge is 0.393 e. The highest BCUT2D eigenvalue weighted by atomic mass is 19.1. The Morgan fingerprint density at radius 2 is 1.75 bits per heavy atom. The summed E-state index contributed by atoms with van der Waals surface area (Å²) >= 11 is 0. The molecule has 0 aliphatic heterocycles. The Morgan fingerprint density at radius 1 is 1.04 bits per heavy atom. The van der Waals surface area contributed by atoms with Gasteiger partial charge in [0.1, 0.15) is 17.8 Å². The average molecular weight is 323 g/mol. The third-order valence-corrected chi connectivity index (χ3v) is 3.63. The fraction of sp³-hybridized carbons (Fsp3) is 0.111. The molecule has 0 bridgehead atoms. The molecule has 0 saturated carbocycles. The minimum atomic E-state index is -0.368. The summed E-state index contributed by atoms with van der Waals surface area (Å²) in [6.07, 6.45) is 1.42. The van der Waals surface area contributed by atoms with Crippen molar-refractivity contribution in [1.82, 2.24) is 9.97 Å². The number of anilines is 5. The van der Waals surface area contributed by atoms with E-state index < -0.39 is 0 Å². The molecule has 0 unspecified atom stereocenters. The van der Waals surface area contributed by atoms with Crippen LogP contribution in [0.25, 0.3) is 0 Å². The van der Waals surface area contributed by atoms with Gasteiger partial charge in [0.15, 0.2) is 11.6 Å². The van der Waals surface area contributed by atoms with Crippen LogP contribution in [0.3, 0.4) is 0 Å². The Balaban J connectivity index is 1.97. The molecule has 0 amide bonds. The molecule has 6 heteroatoms. The molecule has 0 spiro atoms. The average Bonchev–Trinajstić information content (AvgIpc) is 2.61. The number of nitrogens with one attached hydrogen (secondary N) is 1. The lowest BCUT2D eigenvalue weighted by Gasteiger charge is -2.24. The Bertz CT molecular complexity index is 823. The second kappa shape index (κ2) is 6.95. The van der Waals surface area contributed by atoms with Crippen molar-refractivity contribution in [1.29, 1.82) is 0 Å². The Hall–Kier alpha value is -3.15. The Morgan fingerprint density at radius 3 is 2.46 bits per heavy atom. The quantitative estimate of drug-likeness (QED) is 0.740. The molecule has 122 valence electrons. The van der Waals surface area contributed by atoms with Gasteiger partial charge in [-0.15, -0.1) is 0 Å². The normalized spacial score (nSPS) is 10.4. The van der Waals surface area contributed by atoms with Crippen molar-refractivity contribution in [2.75, 3.05) is 22.5 Å². The number of para-hydroxylation sites is 2. The van der Waals surface area contributed by atoms with Crippen LogP contribution >= 0.6 is 0 Å². The minimum absolute atomic E-state index is 0.316. The van der Waals surface area contributed by atoms with E-state index >= 15 is 0 Å². The predicted octanol–water partition coefficient (Wildman–Crippen LogP) is 4.10. The summed E-state index contributed by atoms with van der Waals surface area (Å²) in [5, 5.41) is 2.93. The zero-order valence-corrected chi connectivity index (χ0v) is 13.3. The monoisotopic (exact) mass is 323 g/mol. The molecule has 1 heterocycles. The van der Waals surface area contributed by atoms with Crippen LogP contribution in [0.2, 0.25) is 0 Å². The van der Waals surface area contributed by atoms with E-state index in [1.807, 2.05) is 42.2 Å². The molecular formula is C18H18FN5. The second-order valence-electron chi connectivity index (χ2n) is 5.14. The van der Waals surface area contributed by atoms with E-state index in [0.29, 0.717) is 29.6 Å². The maximum absolute atomic E-state index is 13.8. The number of aromatic nitrogens is 2. The first-order valence-electron chi connectivity index (χ1n) is 7.65. The fourth-order valence-electron chi connectivity index (χ4n) is 2.45. The molecule has 3 aromatic rings. The summed E-state index contributed by atoms with van der Waals surface area (Å²) in [4.78, 5) is 10.4. The van der Waals surface area contributed by atoms with Crippen LogP contribution in [0, 0.1) is 5.82 Å². The van der Waals surface area contributed by atoms with Gasteiger partial charge in [-0.2, -0.15) is 0 Å². The number of rotatable bonds is 5. The van der Waals surface area contributed by atoms with Gasteiger partial charge in [0.25, 0.3) is 0 Å². The van der Waals surface area contributed by atoms with Gasteiger partial charge < -0.3 is 16.0 Å². The molecule has 0 atom stereocenters. The number of benzene rings is 2. The SMILES string of the molecule is CCN(c1ccccc1)c1ncnc(Nc2ccccc2F)c1N. The first-order valence-corrected chi connectivity index (χ1v) is 7.65. The molecule has 0 radical (unpaired) electrons. The van der Waals surface area contributed by atoms with Crippen molar-refractivity contribution in [3.8, 4) is 0 Å². The van der Waals surface area contributed by atoms with E-state index in [0.717, 1.165) is 5.69 Å². The molecule has 0 saturated heterocycles. The summed E-state index contributed by atoms with van der Waals surface area (Å²) in [6, 6.07) is 16.2. The Kier molecular flexibility index (Phi) is 4.56. The molecule has 1 aromatic heterocycles. The highest BCUT2D eigenvalue weighted by Gasteiger charge is 2.16. The number of halogens is 1. The molecule has 0 aliphatic carbocycles. The van der Waals surface area contributed by atoms with Crippen molar-refractivity contribution < 1.29 is 4.39 Å². The van der Waals surface area contributed by atoms with Gasteiger partial charge in [0, 0.05) is 12.2 Å². The third kappa shape index (κ3) is 3.12. The van der Waals surface area contributed by atoms with Crippen molar-refractivity contribution in [2.45, 2.75) is 6.92 Å². The highest BCUT2D eigenvalue weighted by molar-refractivity contribution is 5.81. The van der Waals surface area contributed by atoms with E-state index in [1.54, 1.807) is 18.2 Å². The number of hydrogen-bond donors (Lipinski definition) is 2. The summed E-state index contributed by atoms with van der Waals surface area (Å²) < 4.78 is 13.8. The first kappa shape index (κ1) is 15.7. The molecule has 2 aromatic carbocycles. The highest BCUT2D eigenvalue weighted by Crippen LogP contribution is 2.33. The van der Waals surface area contributed by atoms with Crippen molar-refractivity contribution in [3.05, 3.63) is 66.7 Å². The molecule has 3 N–H and O–H groups in total. The fourth-order valence-corrected chi connectivity index (χ4v) is 2.45. The lowest BCUT2D eigenvalue weighted by molar-refractivity contribution is 0.632. The number of nitrogen functional groups attached to an aromatic ring is 1. The number of nitrogens with zero attached hydrogens (tertiary/aromatic N) is 3. The van der Waals surface area contributed by atoms with Gasteiger partial charge in [-0.25, -0.2) is 14.4 Å². The van der Waals surface area contributed by atoms with E-state index in [1.165, 1.54) is 12.4 Å². The van der Waals surface area contributed by atoms with E-state index in [9.17, 15) is 4.39 Å². The summed E-state index contributed by atoms with van der Waals surface area (Å²) in [6.45, 7) is 2.70. The van der Waals surface area contributed by atoms with Gasteiger partial charge in [-0.3, -0.25) is 0 Å².